The van der Waals surface area contributed by atoms with Gasteiger partial charge in [-0.3, -0.25) is 19.2 Å². The van der Waals surface area contributed by atoms with Crippen molar-refractivity contribution < 1.29 is 36.7 Å². The fourth-order valence-electron chi connectivity index (χ4n) is 6.55. The molecule has 4 amide bonds. The molecule has 55 heavy (non-hydrogen) atoms. The Labute approximate surface area is 319 Å². The van der Waals surface area contributed by atoms with Crippen LogP contribution >= 0.6 is 22.7 Å². The molecule has 0 aliphatic heterocycles. The highest BCUT2D eigenvalue weighted by atomic mass is 32.1. The minimum Gasteiger partial charge on any atom is -0.340 e. The summed E-state index contributed by atoms with van der Waals surface area (Å²) in [5, 5.41) is 5.18. The van der Waals surface area contributed by atoms with Crippen molar-refractivity contribution in [3.63, 3.8) is 0 Å². The average Bonchev–Trinajstić information content (AvgIpc) is 3.43. The summed E-state index contributed by atoms with van der Waals surface area (Å²) in [6, 6.07) is 14.7. The van der Waals surface area contributed by atoms with E-state index in [4.69, 9.17) is 0 Å². The molecule has 0 bridgehead atoms. The molecule has 2 heterocycles. The Bertz CT molecular complexity index is 2480. The molecule has 3 atom stereocenters. The maximum absolute atomic E-state index is 14.3. The molecule has 1 aliphatic rings. The molecule has 2 unspecified atom stereocenters. The summed E-state index contributed by atoms with van der Waals surface area (Å²) < 4.78 is 58.5. The number of anilines is 2. The van der Waals surface area contributed by atoms with Gasteiger partial charge in [-0.05, 0) is 78.2 Å². The van der Waals surface area contributed by atoms with Crippen molar-refractivity contribution in [2.75, 3.05) is 23.9 Å². The lowest BCUT2D eigenvalue weighted by atomic mass is 10.0. The molecular weight excluding hydrogens is 757 g/mol. The number of carbonyl (C=O) groups excluding carboxylic acids is 4. The van der Waals surface area contributed by atoms with Gasteiger partial charge in [0.1, 0.15) is 34.8 Å². The number of amides is 4. The molecule has 0 saturated heterocycles. The van der Waals surface area contributed by atoms with Crippen molar-refractivity contribution in [1.29, 1.82) is 0 Å². The summed E-state index contributed by atoms with van der Waals surface area (Å²) >= 11 is 2.84. The predicted molar refractivity (Wildman–Crippen MR) is 202 cm³/mol. The Morgan fingerprint density at radius 1 is 0.764 bits per heavy atom. The number of carbonyl (C=O) groups is 4. The van der Waals surface area contributed by atoms with E-state index in [1.165, 1.54) is 46.6 Å². The average molecular weight is 787 g/mol. The normalized spacial score (nSPS) is 16.9. The van der Waals surface area contributed by atoms with E-state index in [0.717, 1.165) is 45.8 Å². The second kappa shape index (κ2) is 15.0. The Balaban J connectivity index is 1.11. The maximum atomic E-state index is 14.3. The molecule has 1 fully saturated rings. The van der Waals surface area contributed by atoms with Gasteiger partial charge >= 0.3 is 0 Å². The Morgan fingerprint density at radius 3 is 1.87 bits per heavy atom. The van der Waals surface area contributed by atoms with Crippen LogP contribution in [0.2, 0.25) is 0 Å². The van der Waals surface area contributed by atoms with Crippen molar-refractivity contribution in [1.82, 2.24) is 20.6 Å². The number of rotatable bonds is 11. The smallest absolute Gasteiger partial charge is 0.253 e. The minimum atomic E-state index is -1.63. The summed E-state index contributed by atoms with van der Waals surface area (Å²) in [5.41, 5.74) is 4.15. The first-order valence-electron chi connectivity index (χ1n) is 16.7. The first-order valence-corrected chi connectivity index (χ1v) is 18.5. The van der Waals surface area contributed by atoms with Crippen LogP contribution in [-0.4, -0.2) is 59.3 Å². The topological polar surface area (TPSA) is 125 Å². The predicted octanol–water partition coefficient (Wildman–Crippen LogP) is 6.41. The number of thiazole rings is 2. The van der Waals surface area contributed by atoms with Crippen LogP contribution in [-0.2, 0) is 25.6 Å². The molecule has 10 nitrogen and oxygen atoms in total. The zero-order valence-electron chi connectivity index (χ0n) is 29.1. The van der Waals surface area contributed by atoms with E-state index in [0.29, 0.717) is 34.5 Å². The molecule has 0 spiro atoms. The summed E-state index contributed by atoms with van der Waals surface area (Å²) in [5.74, 6) is -7.24. The van der Waals surface area contributed by atoms with Crippen LogP contribution in [0.4, 0.5) is 28.9 Å². The van der Waals surface area contributed by atoms with Crippen molar-refractivity contribution in [2.45, 2.75) is 30.3 Å². The molecule has 2 aromatic heterocycles. The molecule has 4 aromatic carbocycles. The second-order valence-corrected chi connectivity index (χ2v) is 14.8. The Hall–Kier alpha value is -6.00. The number of halogens is 4. The van der Waals surface area contributed by atoms with E-state index in [9.17, 15) is 36.7 Å². The van der Waals surface area contributed by atoms with E-state index in [1.807, 2.05) is 0 Å². The SMILES string of the molecule is CN(C(=O)[C@H](Cc1cc(F)cc(F)c1)NC(=O)/C=C\C(=O)NC1(C(=O)N(C)c2ccc3scnc3c2)CC1c1cc(F)cc(F)c1)c1ccc2scnc2c1. The van der Waals surface area contributed by atoms with Crippen LogP contribution < -0.4 is 20.4 Å². The number of benzene rings is 4. The van der Waals surface area contributed by atoms with Crippen LogP contribution in [0, 0.1) is 23.3 Å². The molecule has 16 heteroatoms. The van der Waals surface area contributed by atoms with Crippen LogP contribution in [0.1, 0.15) is 23.5 Å². The molecule has 6 aromatic rings. The highest BCUT2D eigenvalue weighted by molar-refractivity contribution is 7.17. The number of nitrogens with one attached hydrogen (secondary N) is 2. The van der Waals surface area contributed by atoms with Crippen LogP contribution in [0.3, 0.4) is 0 Å². The Kier molecular flexibility index (Phi) is 10.2. The molecule has 1 aliphatic carbocycles. The third-order valence-electron chi connectivity index (χ3n) is 9.38. The quantitative estimate of drug-likeness (QED) is 0.116. The summed E-state index contributed by atoms with van der Waals surface area (Å²) in [6.07, 6.45) is 1.41. The van der Waals surface area contributed by atoms with Gasteiger partial charge in [-0.1, -0.05) is 0 Å². The number of hydrogen-bond acceptors (Lipinski definition) is 8. The van der Waals surface area contributed by atoms with Gasteiger partial charge in [0.15, 0.2) is 0 Å². The van der Waals surface area contributed by atoms with Crippen LogP contribution in [0.25, 0.3) is 20.4 Å². The summed E-state index contributed by atoms with van der Waals surface area (Å²) in [6.45, 7) is 0. The molecule has 2 N–H and O–H groups in total. The van der Waals surface area contributed by atoms with Crippen molar-refractivity contribution in [3.05, 3.63) is 130 Å². The largest absolute Gasteiger partial charge is 0.340 e. The monoisotopic (exact) mass is 786 g/mol. The summed E-state index contributed by atoms with van der Waals surface area (Å²) in [4.78, 5) is 65.7. The number of aromatic nitrogens is 2. The minimum absolute atomic E-state index is 0.00356. The third-order valence-corrected chi connectivity index (χ3v) is 11.0. The highest BCUT2D eigenvalue weighted by Crippen LogP contribution is 2.53. The van der Waals surface area contributed by atoms with Crippen molar-refractivity contribution in [3.8, 4) is 0 Å². The van der Waals surface area contributed by atoms with E-state index >= 15 is 0 Å². The third kappa shape index (κ3) is 7.95. The van der Waals surface area contributed by atoms with Crippen LogP contribution in [0.5, 0.6) is 0 Å². The fraction of sp³-hybridized carbons (Fsp3) is 0.179. The molecule has 7 rings (SSSR count). The van der Waals surface area contributed by atoms with Gasteiger partial charge in [0.2, 0.25) is 17.7 Å². The molecule has 280 valence electrons. The van der Waals surface area contributed by atoms with Gasteiger partial charge in [-0.25, -0.2) is 27.5 Å². The van der Waals surface area contributed by atoms with Gasteiger partial charge in [0, 0.05) is 62.1 Å². The second-order valence-electron chi connectivity index (χ2n) is 13.1. The van der Waals surface area contributed by atoms with Crippen molar-refractivity contribution >= 4 is 78.1 Å². The van der Waals surface area contributed by atoms with Gasteiger partial charge in [-0.15, -0.1) is 22.7 Å². The fourth-order valence-corrected chi connectivity index (χ4v) is 7.87. The first kappa shape index (κ1) is 37.3. The zero-order chi connectivity index (χ0) is 39.0. The lowest BCUT2D eigenvalue weighted by Crippen LogP contribution is -2.51. The van der Waals surface area contributed by atoms with Crippen molar-refractivity contribution in [2.24, 2.45) is 0 Å². The lowest BCUT2D eigenvalue weighted by molar-refractivity contribution is -0.126. The van der Waals surface area contributed by atoms with Gasteiger partial charge in [0.25, 0.3) is 5.91 Å². The van der Waals surface area contributed by atoms with Gasteiger partial charge in [0.05, 0.1) is 31.5 Å². The number of fused-ring (bicyclic) bond motifs is 2. The Morgan fingerprint density at radius 2 is 1.29 bits per heavy atom. The molecule has 0 radical (unpaired) electrons. The van der Waals surface area contributed by atoms with Gasteiger partial charge < -0.3 is 20.4 Å². The molecule has 1 saturated carbocycles. The number of likely N-dealkylation sites (N-methyl/N-ethyl adjacent to an activating group) is 2. The summed E-state index contributed by atoms with van der Waals surface area (Å²) in [7, 11) is 2.98. The maximum Gasteiger partial charge on any atom is 0.253 e. The standard InChI is InChI=1S/C39H30F4N6O4S2/c1-48(27-3-5-33-30(16-27)44-19-54-33)37(52)32(11-21-9-23(40)14-24(41)10-21)46-35(50)7-8-36(51)47-39(18-29(39)22-12-25(42)15-26(43)13-22)38(53)49(2)28-4-6-34-31(17-28)45-20-55-34/h3-10,12-17,19-20,29,32H,11,18H2,1-2H3,(H,46,50)(H,47,51)/b8-7-/t29?,32-,39?/m0/s1. The van der Waals surface area contributed by atoms with E-state index in [2.05, 4.69) is 20.6 Å². The zero-order valence-corrected chi connectivity index (χ0v) is 30.7. The number of nitrogens with zero attached hydrogens (tertiary/aromatic N) is 4. The highest BCUT2D eigenvalue weighted by Gasteiger charge is 2.62. The van der Waals surface area contributed by atoms with E-state index in [-0.39, 0.29) is 24.0 Å². The molecular formula is C39H30F4N6O4S2. The van der Waals surface area contributed by atoms with Crippen LogP contribution in [0.15, 0.2) is 96.0 Å². The van der Waals surface area contributed by atoms with Gasteiger partial charge in [-0.2, -0.15) is 0 Å². The number of hydrogen-bond donors (Lipinski definition) is 2. The van der Waals surface area contributed by atoms with E-state index < -0.39 is 64.4 Å². The first-order chi connectivity index (χ1) is 26.3. The lowest BCUT2D eigenvalue weighted by Gasteiger charge is -2.26. The van der Waals surface area contributed by atoms with E-state index in [1.54, 1.807) is 47.4 Å².